The van der Waals surface area contributed by atoms with Crippen LogP contribution in [0.4, 0.5) is 0 Å². The fraction of sp³-hybridized carbons (Fsp3) is 0.318. The van der Waals surface area contributed by atoms with Crippen LogP contribution >= 0.6 is 11.3 Å². The van der Waals surface area contributed by atoms with E-state index < -0.39 is 0 Å². The minimum Gasteiger partial charge on any atom is -0.352 e. The van der Waals surface area contributed by atoms with Crippen LogP contribution in [0.15, 0.2) is 54.2 Å². The van der Waals surface area contributed by atoms with Gasteiger partial charge in [-0.15, -0.1) is 11.3 Å². The van der Waals surface area contributed by atoms with Gasteiger partial charge in [0, 0.05) is 36.4 Å². The first-order valence-corrected chi connectivity index (χ1v) is 10.5. The van der Waals surface area contributed by atoms with E-state index in [1.807, 2.05) is 23.6 Å². The monoisotopic (exact) mass is 394 g/mol. The van der Waals surface area contributed by atoms with Crippen LogP contribution < -0.4 is 5.32 Å². The van der Waals surface area contributed by atoms with Crippen molar-refractivity contribution in [1.82, 2.24) is 20.2 Å². The minimum absolute atomic E-state index is 0.0133. The van der Waals surface area contributed by atoms with Crippen LogP contribution in [0, 0.1) is 0 Å². The van der Waals surface area contributed by atoms with Crippen molar-refractivity contribution in [3.63, 3.8) is 0 Å². The third kappa shape index (κ3) is 5.47. The highest BCUT2D eigenvalue weighted by Crippen LogP contribution is 2.22. The van der Waals surface area contributed by atoms with Crippen LogP contribution in [0.25, 0.3) is 10.6 Å². The molecule has 2 heterocycles. The molecule has 0 saturated heterocycles. The second-order valence-corrected chi connectivity index (χ2v) is 7.43. The van der Waals surface area contributed by atoms with Gasteiger partial charge in [-0.1, -0.05) is 38.1 Å². The van der Waals surface area contributed by atoms with Gasteiger partial charge in [0.1, 0.15) is 5.01 Å². The number of pyridine rings is 1. The van der Waals surface area contributed by atoms with Gasteiger partial charge in [0.15, 0.2) is 0 Å². The second-order valence-electron chi connectivity index (χ2n) is 6.57. The van der Waals surface area contributed by atoms with Crippen molar-refractivity contribution in [2.75, 3.05) is 13.1 Å². The lowest BCUT2D eigenvalue weighted by Crippen LogP contribution is -2.27. The smallest absolute Gasteiger partial charge is 0.226 e. The third-order valence-corrected chi connectivity index (χ3v) is 5.62. The third-order valence-electron chi connectivity index (χ3n) is 4.68. The number of nitrogens with zero attached hydrogens (tertiary/aromatic N) is 3. The maximum absolute atomic E-state index is 12.4. The maximum atomic E-state index is 12.4. The molecule has 2 aromatic heterocycles. The highest BCUT2D eigenvalue weighted by atomic mass is 32.1. The van der Waals surface area contributed by atoms with E-state index in [0.29, 0.717) is 6.54 Å². The molecule has 146 valence electrons. The van der Waals surface area contributed by atoms with Crippen molar-refractivity contribution in [2.45, 2.75) is 33.4 Å². The number of nitrogens with one attached hydrogen (secondary N) is 1. The van der Waals surface area contributed by atoms with E-state index in [1.54, 1.807) is 12.4 Å². The van der Waals surface area contributed by atoms with Gasteiger partial charge in [-0.25, -0.2) is 4.98 Å². The number of rotatable bonds is 9. The second kappa shape index (κ2) is 10.1. The summed E-state index contributed by atoms with van der Waals surface area (Å²) in [5, 5.41) is 5.87. The summed E-state index contributed by atoms with van der Waals surface area (Å²) in [4.78, 5) is 23.5. The van der Waals surface area contributed by atoms with Gasteiger partial charge in [-0.05, 0) is 36.3 Å². The lowest BCUT2D eigenvalue weighted by atomic mass is 10.1. The van der Waals surface area contributed by atoms with E-state index in [9.17, 15) is 4.79 Å². The molecule has 0 unspecified atom stereocenters. The molecule has 0 bridgehead atoms. The van der Waals surface area contributed by atoms with Crippen LogP contribution in [0.1, 0.15) is 30.7 Å². The molecular weight excluding hydrogens is 368 g/mol. The van der Waals surface area contributed by atoms with Gasteiger partial charge in [0.25, 0.3) is 0 Å². The number of hydrogen-bond acceptors (Lipinski definition) is 5. The van der Waals surface area contributed by atoms with E-state index >= 15 is 0 Å². The first kappa shape index (κ1) is 20.2. The van der Waals surface area contributed by atoms with Crippen LogP contribution in [0.2, 0.25) is 0 Å². The Morgan fingerprint density at radius 3 is 2.61 bits per heavy atom. The predicted octanol–water partition coefficient (Wildman–Crippen LogP) is 3.91. The maximum Gasteiger partial charge on any atom is 0.226 e. The fourth-order valence-corrected chi connectivity index (χ4v) is 3.81. The number of carbonyl (C=O) groups excluding carboxylic acids is 1. The van der Waals surface area contributed by atoms with Crippen molar-refractivity contribution in [1.29, 1.82) is 0 Å². The molecule has 1 amide bonds. The Balaban J connectivity index is 1.57. The molecule has 0 radical (unpaired) electrons. The zero-order valence-corrected chi connectivity index (χ0v) is 17.2. The minimum atomic E-state index is -0.0133. The summed E-state index contributed by atoms with van der Waals surface area (Å²) in [6.07, 6.45) is 3.81. The van der Waals surface area contributed by atoms with E-state index in [0.717, 1.165) is 41.5 Å². The SMILES string of the molecule is CCN(CC)Cc1ccccc1CNC(=O)Cc1csc(-c2cccnc2)n1. The van der Waals surface area contributed by atoms with Gasteiger partial charge in [0.2, 0.25) is 5.91 Å². The Morgan fingerprint density at radius 2 is 1.89 bits per heavy atom. The van der Waals surface area contributed by atoms with Crippen molar-refractivity contribution < 1.29 is 4.79 Å². The Hall–Kier alpha value is -2.57. The first-order valence-electron chi connectivity index (χ1n) is 9.60. The lowest BCUT2D eigenvalue weighted by molar-refractivity contribution is -0.120. The van der Waals surface area contributed by atoms with Gasteiger partial charge in [0.05, 0.1) is 12.1 Å². The molecule has 6 heteroatoms. The normalized spacial score (nSPS) is 11.0. The molecule has 3 rings (SSSR count). The summed E-state index contributed by atoms with van der Waals surface area (Å²) in [6.45, 7) is 7.80. The van der Waals surface area contributed by atoms with E-state index in [1.165, 1.54) is 16.9 Å². The summed E-state index contributed by atoms with van der Waals surface area (Å²) >= 11 is 1.54. The number of aromatic nitrogens is 2. The summed E-state index contributed by atoms with van der Waals surface area (Å²) in [5.74, 6) is -0.0133. The molecule has 0 fully saturated rings. The Bertz CT molecular complexity index is 890. The number of benzene rings is 1. The first-order chi connectivity index (χ1) is 13.7. The zero-order valence-electron chi connectivity index (χ0n) is 16.4. The quantitative estimate of drug-likeness (QED) is 0.598. The van der Waals surface area contributed by atoms with Crippen LogP contribution in [0.3, 0.4) is 0 Å². The van der Waals surface area contributed by atoms with E-state index in [4.69, 9.17) is 0 Å². The van der Waals surface area contributed by atoms with Gasteiger partial charge >= 0.3 is 0 Å². The topological polar surface area (TPSA) is 58.1 Å². The molecule has 0 saturated carbocycles. The number of thiazole rings is 1. The molecular formula is C22H26N4OS. The van der Waals surface area contributed by atoms with Gasteiger partial charge in [-0.3, -0.25) is 14.7 Å². The summed E-state index contributed by atoms with van der Waals surface area (Å²) < 4.78 is 0. The molecule has 0 aliphatic carbocycles. The molecule has 1 N–H and O–H groups in total. The average Bonchev–Trinajstić information content (AvgIpc) is 3.20. The average molecular weight is 395 g/mol. The summed E-state index contributed by atoms with van der Waals surface area (Å²) in [5.41, 5.74) is 4.19. The van der Waals surface area contributed by atoms with Crippen LogP contribution in [-0.4, -0.2) is 33.9 Å². The molecule has 28 heavy (non-hydrogen) atoms. The largest absolute Gasteiger partial charge is 0.352 e. The zero-order chi connectivity index (χ0) is 19.8. The highest BCUT2D eigenvalue weighted by Gasteiger charge is 2.11. The predicted molar refractivity (Wildman–Crippen MR) is 114 cm³/mol. The molecule has 0 spiro atoms. The lowest BCUT2D eigenvalue weighted by Gasteiger charge is -2.20. The Morgan fingerprint density at radius 1 is 1.11 bits per heavy atom. The van der Waals surface area contributed by atoms with Crippen LogP contribution in [0.5, 0.6) is 0 Å². The number of amides is 1. The fourth-order valence-electron chi connectivity index (χ4n) is 3.00. The molecule has 0 atom stereocenters. The van der Waals surface area contributed by atoms with E-state index in [-0.39, 0.29) is 12.3 Å². The molecule has 1 aromatic carbocycles. The standard InChI is InChI=1S/C22H26N4OS/c1-3-26(4-2)15-19-9-6-5-8-17(19)14-24-21(27)12-20-16-28-22(25-20)18-10-7-11-23-13-18/h5-11,13,16H,3-4,12,14-15H2,1-2H3,(H,24,27). The van der Waals surface area contributed by atoms with Crippen molar-refractivity contribution >= 4 is 17.2 Å². The highest BCUT2D eigenvalue weighted by molar-refractivity contribution is 7.13. The Labute approximate surface area is 170 Å². The number of carbonyl (C=O) groups is 1. The molecule has 0 aliphatic heterocycles. The summed E-state index contributed by atoms with van der Waals surface area (Å²) in [6, 6.07) is 12.2. The number of hydrogen-bond donors (Lipinski definition) is 1. The van der Waals surface area contributed by atoms with Gasteiger partial charge in [-0.2, -0.15) is 0 Å². The molecule has 0 aliphatic rings. The van der Waals surface area contributed by atoms with Gasteiger partial charge < -0.3 is 5.32 Å². The Kier molecular flexibility index (Phi) is 7.28. The van der Waals surface area contributed by atoms with Crippen molar-refractivity contribution in [3.8, 4) is 10.6 Å². The van der Waals surface area contributed by atoms with Crippen molar-refractivity contribution in [2.24, 2.45) is 0 Å². The molecule has 5 nitrogen and oxygen atoms in total. The van der Waals surface area contributed by atoms with Crippen LogP contribution in [-0.2, 0) is 24.3 Å². The summed E-state index contributed by atoms with van der Waals surface area (Å²) in [7, 11) is 0. The molecule has 3 aromatic rings. The van der Waals surface area contributed by atoms with E-state index in [2.05, 4.69) is 52.2 Å². The van der Waals surface area contributed by atoms with Crippen molar-refractivity contribution in [3.05, 3.63) is 71.0 Å².